The second-order valence-electron chi connectivity index (χ2n) is 6.73. The average molecular weight is 460 g/mol. The quantitative estimate of drug-likeness (QED) is 0.606. The highest BCUT2D eigenvalue weighted by atomic mass is 32.2. The molecule has 1 aliphatic rings. The first-order valence-electron chi connectivity index (χ1n) is 10.0. The normalized spacial score (nSPS) is 16.1. The molecular formula is C18H29N5O3S3. The zero-order chi connectivity index (χ0) is 21.2. The van der Waals surface area contributed by atoms with Crippen molar-refractivity contribution in [2.45, 2.75) is 27.7 Å². The lowest BCUT2D eigenvalue weighted by atomic mass is 10.3. The Morgan fingerprint density at radius 1 is 1.03 bits per heavy atom. The summed E-state index contributed by atoms with van der Waals surface area (Å²) in [7, 11) is -3.45. The van der Waals surface area contributed by atoms with Crippen LogP contribution in [0.15, 0.2) is 6.07 Å². The number of carbonyl (C=O) groups excluding carboxylic acids is 1. The number of fused-ring (bicyclic) bond motifs is 1. The van der Waals surface area contributed by atoms with E-state index in [2.05, 4.69) is 23.7 Å². The van der Waals surface area contributed by atoms with Gasteiger partial charge in [-0.05, 0) is 19.9 Å². The van der Waals surface area contributed by atoms with Gasteiger partial charge in [0.15, 0.2) is 5.13 Å². The van der Waals surface area contributed by atoms with Gasteiger partial charge in [0, 0.05) is 52.4 Å². The van der Waals surface area contributed by atoms with Crippen molar-refractivity contribution < 1.29 is 13.2 Å². The number of thiazole rings is 1. The Morgan fingerprint density at radius 2 is 1.66 bits per heavy atom. The smallest absolute Gasteiger partial charge is 0.282 e. The lowest BCUT2D eigenvalue weighted by molar-refractivity contribution is 0.0699. The minimum atomic E-state index is -3.45. The highest BCUT2D eigenvalue weighted by molar-refractivity contribution is 7.86. The summed E-state index contributed by atoms with van der Waals surface area (Å²) in [5.41, 5.74) is 0. The van der Waals surface area contributed by atoms with Crippen molar-refractivity contribution in [3.05, 3.63) is 10.9 Å². The Hall–Kier alpha value is -1.27. The van der Waals surface area contributed by atoms with E-state index in [0.717, 1.165) is 27.8 Å². The van der Waals surface area contributed by atoms with Crippen LogP contribution in [0.5, 0.6) is 0 Å². The number of anilines is 1. The van der Waals surface area contributed by atoms with Crippen LogP contribution < -0.4 is 4.90 Å². The molecule has 2 aromatic rings. The molecule has 11 heteroatoms. The first-order valence-corrected chi connectivity index (χ1v) is 13.1. The minimum Gasteiger partial charge on any atom is -0.349 e. The summed E-state index contributed by atoms with van der Waals surface area (Å²) in [6.45, 7) is 12.1. The van der Waals surface area contributed by atoms with Gasteiger partial charge in [0.1, 0.15) is 4.83 Å². The lowest BCUT2D eigenvalue weighted by Gasteiger charge is -2.36. The average Bonchev–Trinajstić information content (AvgIpc) is 3.28. The topological polar surface area (TPSA) is 77.1 Å². The van der Waals surface area contributed by atoms with Gasteiger partial charge < -0.3 is 9.80 Å². The summed E-state index contributed by atoms with van der Waals surface area (Å²) in [4.78, 5) is 23.1. The molecule has 0 aliphatic carbocycles. The van der Waals surface area contributed by atoms with Gasteiger partial charge in [0.05, 0.1) is 9.58 Å². The summed E-state index contributed by atoms with van der Waals surface area (Å²) in [6, 6.07) is 1.92. The van der Waals surface area contributed by atoms with Gasteiger partial charge in [-0.3, -0.25) is 4.79 Å². The van der Waals surface area contributed by atoms with Crippen molar-refractivity contribution in [1.29, 1.82) is 0 Å². The van der Waals surface area contributed by atoms with Crippen LogP contribution >= 0.6 is 22.7 Å². The largest absolute Gasteiger partial charge is 0.349 e. The number of hydrogen-bond donors (Lipinski definition) is 0. The van der Waals surface area contributed by atoms with Crippen LogP contribution in [0, 0.1) is 0 Å². The highest BCUT2D eigenvalue weighted by Crippen LogP contribution is 2.35. The van der Waals surface area contributed by atoms with E-state index in [4.69, 9.17) is 0 Å². The number of rotatable bonds is 8. The predicted octanol–water partition coefficient (Wildman–Crippen LogP) is 2.55. The fourth-order valence-corrected chi connectivity index (χ4v) is 7.36. The maximum Gasteiger partial charge on any atom is 0.282 e. The maximum absolute atomic E-state index is 12.9. The molecule has 0 unspecified atom stereocenters. The van der Waals surface area contributed by atoms with Gasteiger partial charge >= 0.3 is 0 Å². The lowest BCUT2D eigenvalue weighted by Crippen LogP contribution is -2.54. The van der Waals surface area contributed by atoms with Crippen LogP contribution in [0.2, 0.25) is 0 Å². The van der Waals surface area contributed by atoms with Gasteiger partial charge in [-0.15, -0.1) is 11.3 Å². The van der Waals surface area contributed by atoms with E-state index < -0.39 is 10.2 Å². The Bertz CT molecular complexity index is 908. The Balaban J connectivity index is 1.67. The van der Waals surface area contributed by atoms with Gasteiger partial charge in [0.25, 0.3) is 16.1 Å². The van der Waals surface area contributed by atoms with Crippen molar-refractivity contribution in [3.63, 3.8) is 0 Å². The maximum atomic E-state index is 12.9. The molecule has 0 spiro atoms. The van der Waals surface area contributed by atoms with Gasteiger partial charge in [-0.25, -0.2) is 4.98 Å². The molecule has 1 amide bonds. The zero-order valence-corrected chi connectivity index (χ0v) is 19.9. The van der Waals surface area contributed by atoms with Gasteiger partial charge in [-0.1, -0.05) is 25.2 Å². The molecule has 1 saturated heterocycles. The second-order valence-corrected chi connectivity index (χ2v) is 10.7. The van der Waals surface area contributed by atoms with Crippen molar-refractivity contribution in [2.75, 3.05) is 57.3 Å². The molecule has 162 valence electrons. The number of thiophene rings is 1. The summed E-state index contributed by atoms with van der Waals surface area (Å²) in [6.07, 6.45) is 0. The zero-order valence-electron chi connectivity index (χ0n) is 17.4. The van der Waals surface area contributed by atoms with E-state index in [0.29, 0.717) is 44.1 Å². The SMILES string of the molecule is CCN(CC)c1nc2sc(C(=O)N3CCN(S(=O)(=O)N(CC)CC)CC3)cc2s1. The van der Waals surface area contributed by atoms with Crippen LogP contribution in [0.25, 0.3) is 9.53 Å². The number of piperazine rings is 1. The molecule has 0 aromatic carbocycles. The van der Waals surface area contributed by atoms with Crippen LogP contribution in [0.1, 0.15) is 37.4 Å². The first kappa shape index (κ1) is 22.4. The highest BCUT2D eigenvalue weighted by Gasteiger charge is 2.32. The van der Waals surface area contributed by atoms with E-state index in [-0.39, 0.29) is 5.91 Å². The third-order valence-electron chi connectivity index (χ3n) is 5.21. The molecule has 8 nitrogen and oxygen atoms in total. The van der Waals surface area contributed by atoms with Crippen molar-refractivity contribution in [2.24, 2.45) is 0 Å². The first-order chi connectivity index (χ1) is 13.8. The van der Waals surface area contributed by atoms with Crippen LogP contribution in [0.3, 0.4) is 0 Å². The third-order valence-corrected chi connectivity index (χ3v) is 9.60. The van der Waals surface area contributed by atoms with E-state index in [9.17, 15) is 13.2 Å². The molecule has 2 aromatic heterocycles. The van der Waals surface area contributed by atoms with Gasteiger partial charge in [0.2, 0.25) is 0 Å². The molecule has 1 fully saturated rings. The van der Waals surface area contributed by atoms with E-state index >= 15 is 0 Å². The van der Waals surface area contributed by atoms with Crippen LogP contribution in [-0.4, -0.2) is 85.2 Å². The van der Waals surface area contributed by atoms with Gasteiger partial charge in [-0.2, -0.15) is 17.0 Å². The third kappa shape index (κ3) is 4.43. The van der Waals surface area contributed by atoms with Crippen molar-refractivity contribution >= 4 is 53.5 Å². The molecule has 0 atom stereocenters. The summed E-state index contributed by atoms with van der Waals surface area (Å²) in [5, 5.41) is 0.991. The molecule has 0 saturated carbocycles. The molecule has 3 heterocycles. The fourth-order valence-electron chi connectivity index (χ4n) is 3.45. The Labute approximate surface area is 180 Å². The summed E-state index contributed by atoms with van der Waals surface area (Å²) < 4.78 is 29.3. The second kappa shape index (κ2) is 9.25. The minimum absolute atomic E-state index is 0.0375. The van der Waals surface area contributed by atoms with E-state index in [1.807, 2.05) is 19.9 Å². The molecule has 1 aliphatic heterocycles. The summed E-state index contributed by atoms with van der Waals surface area (Å²) in [5.74, 6) is -0.0375. The summed E-state index contributed by atoms with van der Waals surface area (Å²) >= 11 is 3.03. The number of amides is 1. The molecule has 3 rings (SSSR count). The monoisotopic (exact) mass is 459 g/mol. The van der Waals surface area contributed by atoms with E-state index in [1.54, 1.807) is 16.2 Å². The Kier molecular flexibility index (Phi) is 7.15. The number of nitrogens with zero attached hydrogens (tertiary/aromatic N) is 5. The van der Waals surface area contributed by atoms with Crippen LogP contribution in [-0.2, 0) is 10.2 Å². The molecule has 0 bridgehead atoms. The number of aromatic nitrogens is 1. The fraction of sp³-hybridized carbons (Fsp3) is 0.667. The number of carbonyl (C=O) groups is 1. The van der Waals surface area contributed by atoms with Crippen molar-refractivity contribution in [3.8, 4) is 0 Å². The standard InChI is InChI=1S/C18H29N5O3S3/c1-5-20(6-2)18-19-16-14(28-18)13-15(27-16)17(24)21-9-11-23(12-10-21)29(25,26)22(7-3)8-4/h13H,5-12H2,1-4H3. The number of hydrogen-bond acceptors (Lipinski definition) is 7. The molecular weight excluding hydrogens is 430 g/mol. The Morgan fingerprint density at radius 3 is 2.17 bits per heavy atom. The van der Waals surface area contributed by atoms with E-state index in [1.165, 1.54) is 19.9 Å². The predicted molar refractivity (Wildman–Crippen MR) is 120 cm³/mol. The molecule has 29 heavy (non-hydrogen) atoms. The molecule has 0 N–H and O–H groups in total. The molecule has 0 radical (unpaired) electrons. The van der Waals surface area contributed by atoms with Crippen LogP contribution in [0.4, 0.5) is 5.13 Å². The van der Waals surface area contributed by atoms with Crippen molar-refractivity contribution in [1.82, 2.24) is 18.5 Å².